The lowest BCUT2D eigenvalue weighted by molar-refractivity contribution is 0.178. The summed E-state index contributed by atoms with van der Waals surface area (Å²) in [4.78, 5) is 0. The van der Waals surface area contributed by atoms with Crippen LogP contribution in [0.3, 0.4) is 0 Å². The summed E-state index contributed by atoms with van der Waals surface area (Å²) < 4.78 is 12.9. The fraction of sp³-hybridized carbons (Fsp3) is 0.182. The topological polar surface area (TPSA) is 48.9 Å². The van der Waals surface area contributed by atoms with Crippen LogP contribution in [0.25, 0.3) is 0 Å². The maximum Gasteiger partial charge on any atom is 0.123 e. The molecule has 0 radical (unpaired) electrons. The Morgan fingerprint density at radius 1 is 1.47 bits per heavy atom. The van der Waals surface area contributed by atoms with Crippen molar-refractivity contribution in [1.82, 2.24) is 10.2 Å². The first kappa shape index (κ1) is 9.86. The van der Waals surface area contributed by atoms with Crippen LogP contribution in [0.4, 0.5) is 4.39 Å². The van der Waals surface area contributed by atoms with Crippen LogP contribution in [0, 0.1) is 5.82 Å². The monoisotopic (exact) mass is 206 g/mol. The van der Waals surface area contributed by atoms with Gasteiger partial charge in [-0.2, -0.15) is 5.10 Å². The zero-order chi connectivity index (χ0) is 10.7. The summed E-state index contributed by atoms with van der Waals surface area (Å²) in [6.07, 6.45) is 2.93. The Kier molecular flexibility index (Phi) is 2.78. The van der Waals surface area contributed by atoms with Crippen molar-refractivity contribution in [3.8, 4) is 0 Å². The first-order valence-electron chi connectivity index (χ1n) is 4.67. The Labute approximate surface area is 86.6 Å². The molecule has 0 bridgehead atoms. The number of nitrogens with one attached hydrogen (secondary N) is 1. The molecule has 15 heavy (non-hydrogen) atoms. The molecular weight excluding hydrogens is 195 g/mol. The normalized spacial score (nSPS) is 12.7. The Bertz CT molecular complexity index is 428. The van der Waals surface area contributed by atoms with Crippen molar-refractivity contribution in [3.63, 3.8) is 0 Å². The minimum Gasteiger partial charge on any atom is -0.388 e. The highest BCUT2D eigenvalue weighted by Gasteiger charge is 2.09. The molecule has 0 aliphatic rings. The van der Waals surface area contributed by atoms with Crippen LogP contribution in [0.15, 0.2) is 36.7 Å². The number of nitrogens with zero attached hydrogens (tertiary/aromatic N) is 1. The zero-order valence-electron chi connectivity index (χ0n) is 8.02. The number of aromatic nitrogens is 2. The van der Waals surface area contributed by atoms with Gasteiger partial charge in [-0.15, -0.1) is 0 Å². The number of aromatic amines is 1. The lowest BCUT2D eigenvalue weighted by atomic mass is 10.0. The van der Waals surface area contributed by atoms with Gasteiger partial charge in [0, 0.05) is 18.2 Å². The molecular formula is C11H11FN2O. The molecule has 1 heterocycles. The minimum atomic E-state index is -0.648. The lowest BCUT2D eigenvalue weighted by Crippen LogP contribution is -2.00. The molecule has 2 aromatic rings. The fourth-order valence-corrected chi connectivity index (χ4v) is 1.45. The summed E-state index contributed by atoms with van der Waals surface area (Å²) in [6, 6.07) is 6.22. The number of hydrogen-bond donors (Lipinski definition) is 2. The van der Waals surface area contributed by atoms with E-state index in [1.54, 1.807) is 24.5 Å². The van der Waals surface area contributed by atoms with Gasteiger partial charge in [-0.1, -0.05) is 12.1 Å². The number of halogens is 1. The van der Waals surface area contributed by atoms with Crippen molar-refractivity contribution < 1.29 is 9.50 Å². The number of H-pyrrole nitrogens is 1. The highest BCUT2D eigenvalue weighted by molar-refractivity contribution is 5.19. The van der Waals surface area contributed by atoms with Crippen molar-refractivity contribution in [1.29, 1.82) is 0 Å². The van der Waals surface area contributed by atoms with Crippen LogP contribution in [0.2, 0.25) is 0 Å². The van der Waals surface area contributed by atoms with Gasteiger partial charge in [0.1, 0.15) is 5.82 Å². The van der Waals surface area contributed by atoms with E-state index < -0.39 is 6.10 Å². The number of aliphatic hydroxyl groups excluding tert-OH is 1. The Hall–Kier alpha value is -1.68. The van der Waals surface area contributed by atoms with Crippen molar-refractivity contribution in [3.05, 3.63) is 53.6 Å². The summed E-state index contributed by atoms with van der Waals surface area (Å²) in [7, 11) is 0. The van der Waals surface area contributed by atoms with Crippen LogP contribution in [0.5, 0.6) is 0 Å². The van der Waals surface area contributed by atoms with E-state index in [1.807, 2.05) is 0 Å². The minimum absolute atomic E-state index is 0.285. The van der Waals surface area contributed by atoms with Crippen molar-refractivity contribution in [2.75, 3.05) is 0 Å². The SMILES string of the molecule is OC(Cc1cccc(F)c1)c1cn[nH]c1. The van der Waals surface area contributed by atoms with Gasteiger partial charge in [0.05, 0.1) is 12.3 Å². The van der Waals surface area contributed by atoms with Gasteiger partial charge in [-0.3, -0.25) is 5.10 Å². The van der Waals surface area contributed by atoms with Gasteiger partial charge in [0.2, 0.25) is 0 Å². The van der Waals surface area contributed by atoms with E-state index >= 15 is 0 Å². The molecule has 0 saturated carbocycles. The number of aliphatic hydroxyl groups is 1. The summed E-state index contributed by atoms with van der Waals surface area (Å²) in [5, 5.41) is 16.1. The molecule has 1 unspecified atom stereocenters. The number of hydrogen-bond acceptors (Lipinski definition) is 2. The molecule has 1 aromatic carbocycles. The van der Waals surface area contributed by atoms with E-state index in [-0.39, 0.29) is 5.82 Å². The van der Waals surface area contributed by atoms with Gasteiger partial charge in [-0.05, 0) is 17.7 Å². The van der Waals surface area contributed by atoms with Crippen LogP contribution in [0.1, 0.15) is 17.2 Å². The molecule has 0 amide bonds. The Morgan fingerprint density at radius 2 is 2.33 bits per heavy atom. The van der Waals surface area contributed by atoms with Gasteiger partial charge in [0.25, 0.3) is 0 Å². The molecule has 2 rings (SSSR count). The van der Waals surface area contributed by atoms with E-state index in [4.69, 9.17) is 0 Å². The highest BCUT2D eigenvalue weighted by Crippen LogP contribution is 2.17. The predicted molar refractivity (Wildman–Crippen MR) is 53.7 cm³/mol. The van der Waals surface area contributed by atoms with E-state index in [2.05, 4.69) is 10.2 Å². The van der Waals surface area contributed by atoms with Gasteiger partial charge in [-0.25, -0.2) is 4.39 Å². The summed E-state index contributed by atoms with van der Waals surface area (Å²) >= 11 is 0. The molecule has 4 heteroatoms. The first-order chi connectivity index (χ1) is 7.25. The third-order valence-electron chi connectivity index (χ3n) is 2.22. The zero-order valence-corrected chi connectivity index (χ0v) is 8.02. The molecule has 2 N–H and O–H groups in total. The second-order valence-electron chi connectivity index (χ2n) is 3.38. The van der Waals surface area contributed by atoms with Crippen molar-refractivity contribution >= 4 is 0 Å². The second kappa shape index (κ2) is 4.23. The maximum atomic E-state index is 12.9. The van der Waals surface area contributed by atoms with Crippen LogP contribution >= 0.6 is 0 Å². The fourth-order valence-electron chi connectivity index (χ4n) is 1.45. The third kappa shape index (κ3) is 2.41. The van der Waals surface area contributed by atoms with Gasteiger partial charge in [0.15, 0.2) is 0 Å². The molecule has 1 aromatic heterocycles. The third-order valence-corrected chi connectivity index (χ3v) is 2.22. The van der Waals surface area contributed by atoms with Gasteiger partial charge >= 0.3 is 0 Å². The average Bonchev–Trinajstić information content (AvgIpc) is 2.70. The summed E-state index contributed by atoms with van der Waals surface area (Å²) in [5.41, 5.74) is 1.47. The molecule has 78 valence electrons. The van der Waals surface area contributed by atoms with Crippen LogP contribution < -0.4 is 0 Å². The van der Waals surface area contributed by atoms with Crippen molar-refractivity contribution in [2.45, 2.75) is 12.5 Å². The average molecular weight is 206 g/mol. The number of rotatable bonds is 3. The number of benzene rings is 1. The van der Waals surface area contributed by atoms with Crippen LogP contribution in [-0.2, 0) is 6.42 Å². The Balaban J connectivity index is 2.09. The van der Waals surface area contributed by atoms with E-state index in [0.717, 1.165) is 5.56 Å². The van der Waals surface area contributed by atoms with Crippen molar-refractivity contribution in [2.24, 2.45) is 0 Å². The molecule has 0 aliphatic carbocycles. The molecule has 3 nitrogen and oxygen atoms in total. The van der Waals surface area contributed by atoms with E-state index in [1.165, 1.54) is 12.1 Å². The van der Waals surface area contributed by atoms with Gasteiger partial charge < -0.3 is 5.11 Å². The molecule has 0 spiro atoms. The van der Waals surface area contributed by atoms with Crippen LogP contribution in [-0.4, -0.2) is 15.3 Å². The molecule has 0 saturated heterocycles. The quantitative estimate of drug-likeness (QED) is 0.804. The summed E-state index contributed by atoms with van der Waals surface area (Å²) in [6.45, 7) is 0. The maximum absolute atomic E-state index is 12.9. The largest absolute Gasteiger partial charge is 0.388 e. The van der Waals surface area contributed by atoms with E-state index in [0.29, 0.717) is 12.0 Å². The first-order valence-corrected chi connectivity index (χ1v) is 4.67. The smallest absolute Gasteiger partial charge is 0.123 e. The highest BCUT2D eigenvalue weighted by atomic mass is 19.1. The standard InChI is InChI=1S/C11H11FN2O/c12-10-3-1-2-8(4-10)5-11(15)9-6-13-14-7-9/h1-4,6-7,11,15H,5H2,(H,13,14). The Morgan fingerprint density at radius 3 is 3.00 bits per heavy atom. The predicted octanol–water partition coefficient (Wildman–Crippen LogP) is 1.82. The van der Waals surface area contributed by atoms with E-state index in [9.17, 15) is 9.50 Å². The molecule has 0 aliphatic heterocycles. The molecule has 0 fully saturated rings. The lowest BCUT2D eigenvalue weighted by Gasteiger charge is -2.07. The summed E-state index contributed by atoms with van der Waals surface area (Å²) in [5.74, 6) is -0.285. The second-order valence-corrected chi connectivity index (χ2v) is 3.38. The molecule has 1 atom stereocenters.